The van der Waals surface area contributed by atoms with Gasteiger partial charge >= 0.3 is 0 Å². The molecule has 0 atom stereocenters. The third kappa shape index (κ3) is 4.54. The van der Waals surface area contributed by atoms with Crippen molar-refractivity contribution in [3.05, 3.63) is 65.4 Å². The van der Waals surface area contributed by atoms with Crippen molar-refractivity contribution >= 4 is 32.7 Å². The Morgan fingerprint density at radius 1 is 1.19 bits per heavy atom. The van der Waals surface area contributed by atoms with Gasteiger partial charge in [-0.2, -0.15) is 10.1 Å². The van der Waals surface area contributed by atoms with Gasteiger partial charge in [0.15, 0.2) is 10.8 Å². The Morgan fingerprint density at radius 3 is 2.53 bits per heavy atom. The van der Waals surface area contributed by atoms with E-state index in [1.807, 2.05) is 31.2 Å². The van der Waals surface area contributed by atoms with Crippen LogP contribution < -0.4 is 15.0 Å². The number of ether oxygens (including phenoxy) is 1. The Labute approximate surface area is 187 Å². The van der Waals surface area contributed by atoms with Crippen LogP contribution in [0, 0.1) is 18.6 Å². The highest BCUT2D eigenvalue weighted by Crippen LogP contribution is 2.32. The first kappa shape index (κ1) is 21.7. The molecule has 4 rings (SSSR count). The minimum absolute atomic E-state index is 0.0345. The largest absolute Gasteiger partial charge is 0.497 e. The molecule has 0 aliphatic carbocycles. The summed E-state index contributed by atoms with van der Waals surface area (Å²) >= 11 is 1.44. The molecule has 0 fully saturated rings. The van der Waals surface area contributed by atoms with Crippen LogP contribution in [0.1, 0.15) is 11.3 Å². The number of fused-ring (bicyclic) bond motifs is 1. The predicted molar refractivity (Wildman–Crippen MR) is 120 cm³/mol. The van der Waals surface area contributed by atoms with E-state index in [2.05, 4.69) is 15.4 Å². The standard InChI is InChI=1S/C22H21F2N5O2S/c1-13-20-21(29(27-13)17-4-6-18(31-3)7-5-17)26-22(32-20)28(2)12-19(30)25-11-14-8-15(23)10-16(24)9-14/h4-10H,11-12H2,1-3H3,(H,25,30). The van der Waals surface area contributed by atoms with Crippen LogP contribution in [-0.2, 0) is 11.3 Å². The van der Waals surface area contributed by atoms with E-state index in [-0.39, 0.29) is 19.0 Å². The average molecular weight is 458 g/mol. The van der Waals surface area contributed by atoms with Gasteiger partial charge < -0.3 is 15.0 Å². The summed E-state index contributed by atoms with van der Waals surface area (Å²) in [6.45, 7) is 1.99. The number of thiazole rings is 1. The van der Waals surface area contributed by atoms with Crippen LogP contribution in [0.4, 0.5) is 13.9 Å². The summed E-state index contributed by atoms with van der Waals surface area (Å²) < 4.78 is 34.5. The van der Waals surface area contributed by atoms with E-state index in [9.17, 15) is 13.6 Å². The number of nitrogens with one attached hydrogen (secondary N) is 1. The fraction of sp³-hybridized carbons (Fsp3) is 0.227. The molecule has 1 amide bonds. The Bertz CT molecular complexity index is 1250. The molecule has 2 aromatic heterocycles. The lowest BCUT2D eigenvalue weighted by Crippen LogP contribution is -2.34. The van der Waals surface area contributed by atoms with Crippen molar-refractivity contribution in [2.75, 3.05) is 25.6 Å². The Balaban J connectivity index is 1.47. The van der Waals surface area contributed by atoms with E-state index in [4.69, 9.17) is 4.74 Å². The summed E-state index contributed by atoms with van der Waals surface area (Å²) in [6.07, 6.45) is 0. The highest BCUT2D eigenvalue weighted by atomic mass is 32.1. The highest BCUT2D eigenvalue weighted by Gasteiger charge is 2.18. The maximum absolute atomic E-state index is 13.3. The number of benzene rings is 2. The molecule has 2 aromatic carbocycles. The maximum atomic E-state index is 13.3. The molecule has 166 valence electrons. The van der Waals surface area contributed by atoms with E-state index in [0.29, 0.717) is 16.3 Å². The molecule has 0 saturated carbocycles. The first-order chi connectivity index (χ1) is 15.3. The van der Waals surface area contributed by atoms with Crippen LogP contribution in [0.2, 0.25) is 0 Å². The lowest BCUT2D eigenvalue weighted by Gasteiger charge is -2.15. The zero-order valence-corrected chi connectivity index (χ0v) is 18.5. The number of methoxy groups -OCH3 is 1. The number of aryl methyl sites for hydroxylation is 1. The van der Waals surface area contributed by atoms with Crippen LogP contribution in [0.5, 0.6) is 5.75 Å². The lowest BCUT2D eigenvalue weighted by atomic mass is 10.2. The van der Waals surface area contributed by atoms with Crippen LogP contribution in [0.25, 0.3) is 16.0 Å². The van der Waals surface area contributed by atoms with Crippen molar-refractivity contribution in [1.29, 1.82) is 0 Å². The van der Waals surface area contributed by atoms with Gasteiger partial charge in [-0.15, -0.1) is 0 Å². The Kier molecular flexibility index (Phi) is 6.04. The molecule has 0 radical (unpaired) electrons. The second kappa shape index (κ2) is 8.91. The van der Waals surface area contributed by atoms with E-state index < -0.39 is 11.6 Å². The average Bonchev–Trinajstić information content (AvgIpc) is 3.32. The molecule has 0 aliphatic heterocycles. The van der Waals surface area contributed by atoms with Gasteiger partial charge in [0.25, 0.3) is 0 Å². The second-order valence-corrected chi connectivity index (χ2v) is 8.23. The molecule has 32 heavy (non-hydrogen) atoms. The third-order valence-corrected chi connectivity index (χ3v) is 6.08. The number of halogens is 2. The number of carbonyl (C=O) groups is 1. The second-order valence-electron chi connectivity index (χ2n) is 7.25. The molecular formula is C22H21F2N5O2S. The smallest absolute Gasteiger partial charge is 0.239 e. The maximum Gasteiger partial charge on any atom is 0.239 e. The fourth-order valence-electron chi connectivity index (χ4n) is 3.24. The van der Waals surface area contributed by atoms with Gasteiger partial charge in [0.05, 0.1) is 29.7 Å². The quantitative estimate of drug-likeness (QED) is 0.457. The molecule has 4 aromatic rings. The molecule has 0 bridgehead atoms. The fourth-order valence-corrected chi connectivity index (χ4v) is 4.19. The summed E-state index contributed by atoms with van der Waals surface area (Å²) in [6, 6.07) is 10.7. The van der Waals surface area contributed by atoms with Crippen molar-refractivity contribution in [2.24, 2.45) is 0 Å². The Morgan fingerprint density at radius 2 is 1.88 bits per heavy atom. The lowest BCUT2D eigenvalue weighted by molar-refractivity contribution is -0.119. The number of hydrogen-bond acceptors (Lipinski definition) is 6. The summed E-state index contributed by atoms with van der Waals surface area (Å²) in [5.41, 5.74) is 2.75. The molecule has 0 unspecified atom stereocenters. The molecule has 0 saturated heterocycles. The van der Waals surface area contributed by atoms with Gasteiger partial charge in [-0.05, 0) is 48.9 Å². The monoisotopic (exact) mass is 457 g/mol. The number of hydrogen-bond donors (Lipinski definition) is 1. The number of rotatable bonds is 7. The van der Waals surface area contributed by atoms with Crippen molar-refractivity contribution in [2.45, 2.75) is 13.5 Å². The highest BCUT2D eigenvalue weighted by molar-refractivity contribution is 7.22. The van der Waals surface area contributed by atoms with Crippen LogP contribution >= 0.6 is 11.3 Å². The first-order valence-electron chi connectivity index (χ1n) is 9.77. The first-order valence-corrected chi connectivity index (χ1v) is 10.6. The molecule has 2 heterocycles. The normalized spacial score (nSPS) is 11.0. The van der Waals surface area contributed by atoms with Crippen LogP contribution in [0.3, 0.4) is 0 Å². The van der Waals surface area contributed by atoms with Crippen molar-refractivity contribution < 1.29 is 18.3 Å². The summed E-state index contributed by atoms with van der Waals surface area (Å²) in [4.78, 5) is 18.8. The van der Waals surface area contributed by atoms with Crippen molar-refractivity contribution in [3.63, 3.8) is 0 Å². The van der Waals surface area contributed by atoms with Gasteiger partial charge in [-0.1, -0.05) is 11.3 Å². The molecule has 1 N–H and O–H groups in total. The SMILES string of the molecule is COc1ccc(-n2nc(C)c3sc(N(C)CC(=O)NCc4cc(F)cc(F)c4)nc32)cc1. The summed E-state index contributed by atoms with van der Waals surface area (Å²) in [5.74, 6) is -0.895. The van der Waals surface area contributed by atoms with Crippen LogP contribution in [0.15, 0.2) is 42.5 Å². The molecule has 10 heteroatoms. The summed E-state index contributed by atoms with van der Waals surface area (Å²) in [7, 11) is 3.38. The zero-order valence-electron chi connectivity index (χ0n) is 17.7. The number of nitrogens with zero attached hydrogens (tertiary/aromatic N) is 4. The molecule has 0 aliphatic rings. The van der Waals surface area contributed by atoms with E-state index in [1.54, 1.807) is 23.7 Å². The van der Waals surface area contributed by atoms with Gasteiger partial charge in [0, 0.05) is 19.7 Å². The number of anilines is 1. The molecular weight excluding hydrogens is 436 g/mol. The molecule has 0 spiro atoms. The van der Waals surface area contributed by atoms with Gasteiger partial charge in [0.1, 0.15) is 17.4 Å². The topological polar surface area (TPSA) is 72.3 Å². The predicted octanol–water partition coefficient (Wildman–Crippen LogP) is 3.83. The van der Waals surface area contributed by atoms with Gasteiger partial charge in [-0.3, -0.25) is 4.79 Å². The minimum Gasteiger partial charge on any atom is -0.497 e. The van der Waals surface area contributed by atoms with E-state index in [1.165, 1.54) is 23.5 Å². The van der Waals surface area contributed by atoms with Crippen molar-refractivity contribution in [1.82, 2.24) is 20.1 Å². The van der Waals surface area contributed by atoms with Crippen LogP contribution in [-0.4, -0.2) is 41.4 Å². The van der Waals surface area contributed by atoms with Crippen molar-refractivity contribution in [3.8, 4) is 11.4 Å². The molecule has 7 nitrogen and oxygen atoms in total. The number of aromatic nitrogens is 3. The minimum atomic E-state index is -0.679. The Hall–Kier alpha value is -3.53. The van der Waals surface area contributed by atoms with Gasteiger partial charge in [-0.25, -0.2) is 13.5 Å². The van der Waals surface area contributed by atoms with E-state index in [0.717, 1.165) is 27.9 Å². The number of carbonyl (C=O) groups excluding carboxylic acids is 1. The van der Waals surface area contributed by atoms with E-state index >= 15 is 0 Å². The number of likely N-dealkylation sites (N-methyl/N-ethyl adjacent to an activating group) is 1. The zero-order chi connectivity index (χ0) is 22.8. The number of amides is 1. The van der Waals surface area contributed by atoms with Gasteiger partial charge in [0.2, 0.25) is 5.91 Å². The summed E-state index contributed by atoms with van der Waals surface area (Å²) in [5, 5.41) is 7.92. The third-order valence-electron chi connectivity index (χ3n) is 4.81.